The maximum Gasteiger partial charge on any atom is 0.472 e. The van der Waals surface area contributed by atoms with Crippen LogP contribution in [0, 0.1) is 0 Å². The molecule has 0 aromatic carbocycles. The van der Waals surface area contributed by atoms with Crippen LogP contribution in [0.4, 0.5) is 0 Å². The third-order valence-corrected chi connectivity index (χ3v) is 11.4. The number of rotatable bonds is 46. The Labute approximate surface area is 380 Å². The molecule has 0 aliphatic carbocycles. The summed E-state index contributed by atoms with van der Waals surface area (Å²) in [6, 6.07) is 0. The van der Waals surface area contributed by atoms with Gasteiger partial charge in [-0.15, -0.1) is 0 Å². The number of esters is 1. The second kappa shape index (κ2) is 47.9. The maximum atomic E-state index is 12.1. The fraction of sp³-hybridized carbons (Fsp3) is 0.731. The molecule has 3 N–H and O–H groups in total. The van der Waals surface area contributed by atoms with Gasteiger partial charge in [-0.25, -0.2) is 4.57 Å². The van der Waals surface area contributed by atoms with E-state index in [0.29, 0.717) is 12.8 Å². The second-order valence-corrected chi connectivity index (χ2v) is 17.9. The van der Waals surface area contributed by atoms with Crippen LogP contribution in [0.25, 0.3) is 0 Å². The number of aliphatic hydroxyl groups is 1. The topological polar surface area (TPSA) is 131 Å². The maximum absolute atomic E-state index is 12.1. The Morgan fingerprint density at radius 2 is 0.919 bits per heavy atom. The third-order valence-electron chi connectivity index (χ3n) is 10.4. The first-order chi connectivity index (χ1) is 30.3. The SMILES string of the molecule is CC/C=C\C/C=C\C/C=C\C/C=C\C/C=C\C/C=C\CCCCCCC(=O)OCC(O)COP(=O)(O)OCCNC(=O)CCCCCCCCCCCCCCCCCCCC. The first-order valence-corrected chi connectivity index (χ1v) is 26.4. The summed E-state index contributed by atoms with van der Waals surface area (Å²) in [4.78, 5) is 34.0. The van der Waals surface area contributed by atoms with Crippen molar-refractivity contribution >= 4 is 19.7 Å². The van der Waals surface area contributed by atoms with E-state index in [2.05, 4.69) is 92.1 Å². The molecule has 2 unspecified atom stereocenters. The number of hydrogen-bond donors (Lipinski definition) is 3. The molecule has 0 aliphatic heterocycles. The van der Waals surface area contributed by atoms with Crippen LogP contribution in [0.15, 0.2) is 72.9 Å². The number of carbonyl (C=O) groups is 2. The molecule has 62 heavy (non-hydrogen) atoms. The first-order valence-electron chi connectivity index (χ1n) is 24.9. The van der Waals surface area contributed by atoms with E-state index in [1.54, 1.807) is 0 Å². The highest BCUT2D eigenvalue weighted by molar-refractivity contribution is 7.47. The van der Waals surface area contributed by atoms with E-state index < -0.39 is 26.5 Å². The Hall–Kier alpha value is -2.55. The van der Waals surface area contributed by atoms with E-state index >= 15 is 0 Å². The minimum absolute atomic E-state index is 0.0778. The van der Waals surface area contributed by atoms with Crippen molar-refractivity contribution < 1.29 is 37.9 Å². The summed E-state index contributed by atoms with van der Waals surface area (Å²) < 4.78 is 27.0. The zero-order chi connectivity index (χ0) is 45.3. The van der Waals surface area contributed by atoms with Gasteiger partial charge in [-0.2, -0.15) is 0 Å². The van der Waals surface area contributed by atoms with E-state index in [-0.39, 0.29) is 32.1 Å². The lowest BCUT2D eigenvalue weighted by atomic mass is 10.0. The van der Waals surface area contributed by atoms with Gasteiger partial charge in [0.25, 0.3) is 0 Å². The van der Waals surface area contributed by atoms with Crippen LogP contribution in [-0.2, 0) is 27.9 Å². The molecule has 0 saturated carbocycles. The first kappa shape index (κ1) is 59.5. The van der Waals surface area contributed by atoms with Gasteiger partial charge >= 0.3 is 13.8 Å². The van der Waals surface area contributed by atoms with E-state index in [4.69, 9.17) is 13.8 Å². The lowest BCUT2D eigenvalue weighted by molar-refractivity contribution is -0.147. The fourth-order valence-electron chi connectivity index (χ4n) is 6.68. The highest BCUT2D eigenvalue weighted by Gasteiger charge is 2.23. The minimum Gasteiger partial charge on any atom is -0.463 e. The Morgan fingerprint density at radius 3 is 1.39 bits per heavy atom. The van der Waals surface area contributed by atoms with Crippen LogP contribution >= 0.6 is 7.82 Å². The molecule has 0 spiro atoms. The average molecular weight is 890 g/mol. The van der Waals surface area contributed by atoms with E-state index in [1.165, 1.54) is 96.3 Å². The van der Waals surface area contributed by atoms with Crippen LogP contribution in [0.2, 0.25) is 0 Å². The number of nitrogens with one attached hydrogen (secondary N) is 1. The van der Waals surface area contributed by atoms with Crippen LogP contribution in [0.3, 0.4) is 0 Å². The molecular weight excluding hydrogens is 798 g/mol. The van der Waals surface area contributed by atoms with Gasteiger partial charge in [-0.05, 0) is 64.2 Å². The lowest BCUT2D eigenvalue weighted by Crippen LogP contribution is -2.27. The van der Waals surface area contributed by atoms with Crippen LogP contribution in [-0.4, -0.2) is 54.3 Å². The summed E-state index contributed by atoms with van der Waals surface area (Å²) in [5.74, 6) is -0.540. The summed E-state index contributed by atoms with van der Waals surface area (Å²) in [7, 11) is -4.43. The van der Waals surface area contributed by atoms with Crippen molar-refractivity contribution in [3.05, 3.63) is 72.9 Å². The van der Waals surface area contributed by atoms with Crippen molar-refractivity contribution in [1.29, 1.82) is 0 Å². The number of amides is 1. The Kier molecular flexibility index (Phi) is 45.9. The summed E-state index contributed by atoms with van der Waals surface area (Å²) in [6.07, 6.45) is 59.8. The van der Waals surface area contributed by atoms with Gasteiger partial charge < -0.3 is 20.1 Å². The van der Waals surface area contributed by atoms with Gasteiger partial charge in [0.2, 0.25) is 5.91 Å². The van der Waals surface area contributed by atoms with Crippen molar-refractivity contribution in [2.75, 3.05) is 26.4 Å². The molecular formula is C52H92NO8P. The average Bonchev–Trinajstić information content (AvgIpc) is 3.26. The lowest BCUT2D eigenvalue weighted by Gasteiger charge is -2.15. The van der Waals surface area contributed by atoms with Crippen molar-refractivity contribution in [1.82, 2.24) is 5.32 Å². The van der Waals surface area contributed by atoms with Crippen molar-refractivity contribution in [3.8, 4) is 0 Å². The van der Waals surface area contributed by atoms with Crippen LogP contribution in [0.1, 0.15) is 213 Å². The third kappa shape index (κ3) is 48.5. The summed E-state index contributed by atoms with van der Waals surface area (Å²) in [6.45, 7) is 3.43. The van der Waals surface area contributed by atoms with Gasteiger partial charge in [0.1, 0.15) is 12.7 Å². The number of ether oxygens (including phenoxy) is 1. The summed E-state index contributed by atoms with van der Waals surface area (Å²) >= 11 is 0. The molecule has 0 aromatic heterocycles. The molecule has 0 saturated heterocycles. The number of unbranched alkanes of at least 4 members (excludes halogenated alkanes) is 21. The number of carbonyl (C=O) groups excluding carboxylic acids is 2. The van der Waals surface area contributed by atoms with E-state index in [9.17, 15) is 24.2 Å². The van der Waals surface area contributed by atoms with Crippen LogP contribution < -0.4 is 5.32 Å². The largest absolute Gasteiger partial charge is 0.472 e. The van der Waals surface area contributed by atoms with Gasteiger partial charge in [-0.1, -0.05) is 209 Å². The number of hydrogen-bond acceptors (Lipinski definition) is 7. The summed E-state index contributed by atoms with van der Waals surface area (Å²) in [5.41, 5.74) is 0. The molecule has 0 fully saturated rings. The smallest absolute Gasteiger partial charge is 0.463 e. The zero-order valence-electron chi connectivity index (χ0n) is 39.5. The number of allylic oxidation sites excluding steroid dienone is 12. The number of phosphoric acid groups is 1. The Balaban J connectivity index is 3.63. The molecule has 0 rings (SSSR count). The van der Waals surface area contributed by atoms with Gasteiger partial charge in [0.05, 0.1) is 13.2 Å². The predicted octanol–water partition coefficient (Wildman–Crippen LogP) is 14.6. The van der Waals surface area contributed by atoms with E-state index in [0.717, 1.165) is 83.5 Å². The number of phosphoric ester groups is 1. The molecule has 2 atom stereocenters. The van der Waals surface area contributed by atoms with Crippen molar-refractivity contribution in [2.24, 2.45) is 0 Å². The Bertz CT molecular complexity index is 1240. The van der Waals surface area contributed by atoms with Gasteiger partial charge in [0, 0.05) is 19.4 Å². The standard InChI is InChI=1S/C52H92NO8P/c1-3-5-7-9-11-13-15-17-19-21-23-24-25-26-27-29-31-33-35-37-39-41-43-45-52(56)59-48-50(54)49-61-62(57,58)60-47-46-53-51(55)44-42-40-38-36-34-32-30-28-22-20-18-16-14-12-10-8-6-4-2/h5,7,11,13,17,19,23-24,26-27,31,33,50,54H,3-4,6,8-10,12,14-16,18,20-22,25,28-30,32,34-49H2,1-2H3,(H,53,55)(H,57,58)/b7-5-,13-11-,19-17-,24-23-,27-26-,33-31-. The molecule has 0 bridgehead atoms. The molecule has 0 aliphatic rings. The van der Waals surface area contributed by atoms with Gasteiger partial charge in [-0.3, -0.25) is 18.6 Å². The van der Waals surface area contributed by atoms with Crippen LogP contribution in [0.5, 0.6) is 0 Å². The van der Waals surface area contributed by atoms with E-state index in [1.807, 2.05) is 0 Å². The Morgan fingerprint density at radius 1 is 0.516 bits per heavy atom. The zero-order valence-corrected chi connectivity index (χ0v) is 40.4. The summed E-state index contributed by atoms with van der Waals surface area (Å²) in [5, 5.41) is 12.7. The quantitative estimate of drug-likeness (QED) is 0.0238. The monoisotopic (exact) mass is 890 g/mol. The molecule has 9 nitrogen and oxygen atoms in total. The fourth-order valence-corrected chi connectivity index (χ4v) is 7.44. The molecule has 358 valence electrons. The molecule has 0 heterocycles. The predicted molar refractivity (Wildman–Crippen MR) is 261 cm³/mol. The van der Waals surface area contributed by atoms with Crippen molar-refractivity contribution in [2.45, 2.75) is 219 Å². The van der Waals surface area contributed by atoms with Gasteiger partial charge in [0.15, 0.2) is 0 Å². The highest BCUT2D eigenvalue weighted by atomic mass is 31.2. The molecule has 10 heteroatoms. The molecule has 0 aromatic rings. The van der Waals surface area contributed by atoms with Crippen molar-refractivity contribution in [3.63, 3.8) is 0 Å². The molecule has 0 radical (unpaired) electrons. The number of aliphatic hydroxyl groups excluding tert-OH is 1. The highest BCUT2D eigenvalue weighted by Crippen LogP contribution is 2.42. The normalized spacial score (nSPS) is 13.8. The molecule has 1 amide bonds. The second-order valence-electron chi connectivity index (χ2n) is 16.4. The minimum atomic E-state index is -4.43.